The highest BCUT2D eigenvalue weighted by Crippen LogP contribution is 2.27. The molecule has 0 spiro atoms. The molecule has 0 aromatic heterocycles. The van der Waals surface area contributed by atoms with Crippen LogP contribution in [0.2, 0.25) is 11.6 Å². The highest BCUT2D eigenvalue weighted by molar-refractivity contribution is 6.38. The standard InChI is InChI=1S/C14H23NSi/c1-12-7-6-8-13(15-11-12)14-9-4-2-3-5-10-16-14/h6-8,11,14-15H,2-5,9-10,16H2,1H3. The van der Waals surface area contributed by atoms with Crippen LogP contribution in [0.1, 0.15) is 39.0 Å². The van der Waals surface area contributed by atoms with Gasteiger partial charge >= 0.3 is 0 Å². The van der Waals surface area contributed by atoms with Gasteiger partial charge in [0.25, 0.3) is 0 Å². The Balaban J connectivity index is 1.99. The van der Waals surface area contributed by atoms with Crippen LogP contribution in [0.25, 0.3) is 0 Å². The molecule has 2 heterocycles. The maximum atomic E-state index is 3.52. The molecule has 1 fully saturated rings. The van der Waals surface area contributed by atoms with E-state index in [0.29, 0.717) is 0 Å². The summed E-state index contributed by atoms with van der Waals surface area (Å²) in [5.41, 5.74) is 3.70. The molecule has 2 aliphatic rings. The summed E-state index contributed by atoms with van der Waals surface area (Å²) >= 11 is 0. The Labute approximate surface area is 102 Å². The minimum atomic E-state index is 0.0944. The van der Waals surface area contributed by atoms with Crippen LogP contribution in [-0.2, 0) is 0 Å². The molecule has 0 aromatic carbocycles. The lowest BCUT2D eigenvalue weighted by atomic mass is 10.1. The van der Waals surface area contributed by atoms with Gasteiger partial charge in [-0.1, -0.05) is 43.9 Å². The highest BCUT2D eigenvalue weighted by atomic mass is 28.2. The molecule has 0 aromatic rings. The monoisotopic (exact) mass is 233 g/mol. The van der Waals surface area contributed by atoms with Crippen molar-refractivity contribution in [2.45, 2.75) is 50.6 Å². The van der Waals surface area contributed by atoms with Crippen molar-refractivity contribution in [2.24, 2.45) is 0 Å². The molecule has 16 heavy (non-hydrogen) atoms. The van der Waals surface area contributed by atoms with Gasteiger partial charge < -0.3 is 5.32 Å². The third kappa shape index (κ3) is 3.37. The second kappa shape index (κ2) is 6.09. The largest absolute Gasteiger partial charge is 0.365 e. The highest BCUT2D eigenvalue weighted by Gasteiger charge is 2.15. The number of hydrogen-bond acceptors (Lipinski definition) is 1. The van der Waals surface area contributed by atoms with Crippen LogP contribution in [0, 0.1) is 0 Å². The van der Waals surface area contributed by atoms with Gasteiger partial charge in [0.1, 0.15) is 0 Å². The summed E-state index contributed by atoms with van der Waals surface area (Å²) in [4.78, 5) is 0. The Morgan fingerprint density at radius 1 is 1.25 bits per heavy atom. The maximum Gasteiger partial charge on any atom is 0.0306 e. The van der Waals surface area contributed by atoms with Gasteiger partial charge in [0.15, 0.2) is 0 Å². The Morgan fingerprint density at radius 3 is 3.06 bits per heavy atom. The average Bonchev–Trinajstić information content (AvgIpc) is 2.43. The summed E-state index contributed by atoms with van der Waals surface area (Å²) in [6, 6.07) is 1.54. The number of rotatable bonds is 1. The lowest BCUT2D eigenvalue weighted by molar-refractivity contribution is 0.602. The first kappa shape index (κ1) is 11.7. The van der Waals surface area contributed by atoms with Crippen molar-refractivity contribution in [2.75, 3.05) is 0 Å². The van der Waals surface area contributed by atoms with Crippen molar-refractivity contribution in [1.82, 2.24) is 5.32 Å². The number of allylic oxidation sites excluding steroid dienone is 5. The molecule has 0 saturated carbocycles. The van der Waals surface area contributed by atoms with E-state index in [1.54, 1.807) is 0 Å². The second-order valence-electron chi connectivity index (χ2n) is 5.06. The summed E-state index contributed by atoms with van der Waals surface area (Å²) in [6.45, 7) is 2.15. The first-order chi connectivity index (χ1) is 7.86. The summed E-state index contributed by atoms with van der Waals surface area (Å²) in [6.07, 6.45) is 16.1. The van der Waals surface area contributed by atoms with Crippen LogP contribution in [0.15, 0.2) is 35.7 Å². The van der Waals surface area contributed by atoms with Crippen LogP contribution < -0.4 is 5.32 Å². The fraction of sp³-hybridized carbons (Fsp3) is 0.571. The van der Waals surface area contributed by atoms with E-state index in [-0.39, 0.29) is 9.52 Å². The van der Waals surface area contributed by atoms with Crippen molar-refractivity contribution >= 4 is 9.52 Å². The second-order valence-corrected chi connectivity index (χ2v) is 7.33. The van der Waals surface area contributed by atoms with Crippen molar-refractivity contribution < 1.29 is 0 Å². The predicted octanol–water partition coefficient (Wildman–Crippen LogP) is 3.27. The van der Waals surface area contributed by atoms with Crippen molar-refractivity contribution in [3.63, 3.8) is 0 Å². The molecule has 0 bridgehead atoms. The molecule has 2 aliphatic heterocycles. The smallest absolute Gasteiger partial charge is 0.0306 e. The van der Waals surface area contributed by atoms with E-state index in [2.05, 4.69) is 36.7 Å². The van der Waals surface area contributed by atoms with Crippen LogP contribution >= 0.6 is 0 Å². The number of hydrogen-bond donors (Lipinski definition) is 1. The molecule has 1 N–H and O–H groups in total. The van der Waals surface area contributed by atoms with E-state index in [9.17, 15) is 0 Å². The van der Waals surface area contributed by atoms with Gasteiger partial charge in [-0.3, -0.25) is 0 Å². The van der Waals surface area contributed by atoms with Crippen molar-refractivity contribution in [3.05, 3.63) is 35.7 Å². The molecule has 0 radical (unpaired) electrons. The van der Waals surface area contributed by atoms with Gasteiger partial charge in [-0.05, 0) is 30.5 Å². The van der Waals surface area contributed by atoms with E-state index < -0.39 is 0 Å². The van der Waals surface area contributed by atoms with Gasteiger partial charge in [0.05, 0.1) is 0 Å². The van der Waals surface area contributed by atoms with Crippen molar-refractivity contribution in [1.29, 1.82) is 0 Å². The van der Waals surface area contributed by atoms with Crippen LogP contribution in [0.3, 0.4) is 0 Å². The molecular weight excluding hydrogens is 210 g/mol. The molecule has 1 atom stereocenters. The van der Waals surface area contributed by atoms with Gasteiger partial charge in [-0.25, -0.2) is 0 Å². The zero-order valence-corrected chi connectivity index (χ0v) is 11.8. The molecule has 1 nitrogen and oxygen atoms in total. The fourth-order valence-corrected chi connectivity index (χ4v) is 4.90. The average molecular weight is 233 g/mol. The zero-order chi connectivity index (χ0) is 11.2. The normalized spacial score (nSPS) is 28.4. The van der Waals surface area contributed by atoms with Crippen molar-refractivity contribution in [3.8, 4) is 0 Å². The molecule has 0 amide bonds. The predicted molar refractivity (Wildman–Crippen MR) is 74.3 cm³/mol. The molecule has 0 aliphatic carbocycles. The van der Waals surface area contributed by atoms with Gasteiger partial charge in [-0.2, -0.15) is 0 Å². The van der Waals surface area contributed by atoms with Crippen LogP contribution in [0.5, 0.6) is 0 Å². The Kier molecular flexibility index (Phi) is 4.46. The Bertz CT molecular complexity index is 304. The maximum absolute atomic E-state index is 3.52. The molecule has 2 heteroatoms. The number of nitrogens with one attached hydrogen (secondary N) is 1. The summed E-state index contributed by atoms with van der Waals surface area (Å²) < 4.78 is 0. The van der Waals surface area contributed by atoms with Gasteiger partial charge in [-0.15, -0.1) is 0 Å². The van der Waals surface area contributed by atoms with E-state index in [1.807, 2.05) is 0 Å². The molecular formula is C14H23NSi. The minimum Gasteiger partial charge on any atom is -0.365 e. The Hall–Kier alpha value is -0.763. The summed E-state index contributed by atoms with van der Waals surface area (Å²) in [5, 5.41) is 3.52. The third-order valence-corrected chi connectivity index (χ3v) is 6.10. The topological polar surface area (TPSA) is 12.0 Å². The lowest BCUT2D eigenvalue weighted by Gasteiger charge is -2.22. The van der Waals surface area contributed by atoms with E-state index in [4.69, 9.17) is 0 Å². The minimum absolute atomic E-state index is 0.0944. The Morgan fingerprint density at radius 2 is 2.12 bits per heavy atom. The first-order valence-corrected chi connectivity index (χ1v) is 8.49. The zero-order valence-electron chi connectivity index (χ0n) is 10.3. The molecule has 1 saturated heterocycles. The molecule has 1 unspecified atom stereocenters. The SMILES string of the molecule is CC1=CNC(C2CCCCCC[SiH2]2)=CC=C1. The molecule has 88 valence electrons. The van der Waals surface area contributed by atoms with Gasteiger partial charge in [0.2, 0.25) is 0 Å². The summed E-state index contributed by atoms with van der Waals surface area (Å²) in [7, 11) is 0.0944. The first-order valence-electron chi connectivity index (χ1n) is 6.68. The van der Waals surface area contributed by atoms with E-state index in [0.717, 1.165) is 5.54 Å². The van der Waals surface area contributed by atoms with Gasteiger partial charge in [0, 0.05) is 21.4 Å². The fourth-order valence-electron chi connectivity index (χ4n) is 2.62. The lowest BCUT2D eigenvalue weighted by Crippen LogP contribution is -2.17. The van der Waals surface area contributed by atoms with Crippen LogP contribution in [-0.4, -0.2) is 9.52 Å². The summed E-state index contributed by atoms with van der Waals surface area (Å²) in [5.74, 6) is 0. The molecule has 2 rings (SSSR count). The van der Waals surface area contributed by atoms with E-state index >= 15 is 0 Å². The van der Waals surface area contributed by atoms with Crippen LogP contribution in [0.4, 0.5) is 0 Å². The quantitative estimate of drug-likeness (QED) is 0.685. The third-order valence-electron chi connectivity index (χ3n) is 3.65. The van der Waals surface area contributed by atoms with E-state index in [1.165, 1.54) is 49.4 Å².